The van der Waals surface area contributed by atoms with Gasteiger partial charge in [0.25, 0.3) is 5.91 Å². The zero-order chi connectivity index (χ0) is 33.3. The first-order chi connectivity index (χ1) is 21.7. The van der Waals surface area contributed by atoms with Crippen LogP contribution < -0.4 is 10.6 Å². The van der Waals surface area contributed by atoms with Crippen LogP contribution in [0.5, 0.6) is 0 Å². The number of carbonyl (C=O) groups excluding carboxylic acids is 2. The number of nitrogens with one attached hydrogen (secondary N) is 2. The molecular weight excluding hydrogens is 667 g/mol. The standard InChI is InChI=1S/C34H41Cl3N4O4S/c1-33(2)13-18-40(19-14-33)34(11-15-38-16-12-34)32(43)39-31(42)29-22-27(26-10-9-25(36)21-28(26)37)30(23-5-7-24(35)8-6-23)41(29)17-4-20-46(3,44)45/h5-10,21-22,38H,4,11-20H2,1-3H3,(H,39,42,43). The molecule has 0 aliphatic carbocycles. The lowest BCUT2D eigenvalue weighted by Crippen LogP contribution is -2.65. The first kappa shape index (κ1) is 34.9. The summed E-state index contributed by atoms with van der Waals surface area (Å²) in [5.41, 5.74) is 2.34. The van der Waals surface area contributed by atoms with Gasteiger partial charge in [0, 0.05) is 39.0 Å². The van der Waals surface area contributed by atoms with E-state index < -0.39 is 21.3 Å². The van der Waals surface area contributed by atoms with Crippen molar-refractivity contribution in [2.24, 2.45) is 5.41 Å². The Labute approximate surface area is 286 Å². The summed E-state index contributed by atoms with van der Waals surface area (Å²) < 4.78 is 26.0. The van der Waals surface area contributed by atoms with Crippen LogP contribution in [-0.2, 0) is 21.2 Å². The fourth-order valence-corrected chi connectivity index (χ4v) is 7.93. The van der Waals surface area contributed by atoms with Gasteiger partial charge >= 0.3 is 0 Å². The van der Waals surface area contributed by atoms with Crippen LogP contribution in [0, 0.1) is 5.41 Å². The molecule has 0 saturated carbocycles. The number of hydrogen-bond donors (Lipinski definition) is 2. The third-order valence-corrected chi connectivity index (χ3v) is 11.2. The lowest BCUT2D eigenvalue weighted by atomic mass is 9.78. The highest BCUT2D eigenvalue weighted by atomic mass is 35.5. The third-order valence-electron chi connectivity index (χ3n) is 9.37. The summed E-state index contributed by atoms with van der Waals surface area (Å²) >= 11 is 19.2. The van der Waals surface area contributed by atoms with Gasteiger partial charge in [-0.1, -0.05) is 66.8 Å². The van der Waals surface area contributed by atoms with Crippen LogP contribution in [0.15, 0.2) is 48.5 Å². The molecule has 46 heavy (non-hydrogen) atoms. The molecule has 2 saturated heterocycles. The molecule has 2 aliphatic heterocycles. The minimum Gasteiger partial charge on any atom is -0.336 e. The van der Waals surface area contributed by atoms with E-state index in [4.69, 9.17) is 34.8 Å². The Kier molecular flexibility index (Phi) is 10.6. The number of sulfone groups is 1. The third kappa shape index (κ3) is 7.83. The number of imide groups is 1. The summed E-state index contributed by atoms with van der Waals surface area (Å²) in [5.74, 6) is -0.920. The van der Waals surface area contributed by atoms with Crippen molar-refractivity contribution in [3.63, 3.8) is 0 Å². The maximum absolute atomic E-state index is 14.2. The Morgan fingerprint density at radius 1 is 0.891 bits per heavy atom. The largest absolute Gasteiger partial charge is 0.336 e. The monoisotopic (exact) mass is 706 g/mol. The molecule has 12 heteroatoms. The number of rotatable bonds is 9. The lowest BCUT2D eigenvalue weighted by molar-refractivity contribution is -0.136. The van der Waals surface area contributed by atoms with Gasteiger partial charge in [0.1, 0.15) is 21.1 Å². The topological polar surface area (TPSA) is 101 Å². The van der Waals surface area contributed by atoms with Crippen LogP contribution in [0.25, 0.3) is 22.4 Å². The Morgan fingerprint density at radius 2 is 1.52 bits per heavy atom. The molecular formula is C34H41Cl3N4O4S. The molecule has 2 aromatic carbocycles. The lowest BCUT2D eigenvalue weighted by Gasteiger charge is -2.49. The van der Waals surface area contributed by atoms with E-state index in [1.54, 1.807) is 41.0 Å². The maximum Gasteiger partial charge on any atom is 0.274 e. The summed E-state index contributed by atoms with van der Waals surface area (Å²) in [6.45, 7) is 7.66. The van der Waals surface area contributed by atoms with Gasteiger partial charge in [-0.3, -0.25) is 19.8 Å². The molecule has 0 radical (unpaired) electrons. The van der Waals surface area contributed by atoms with E-state index in [-0.39, 0.29) is 35.7 Å². The normalized spacial score (nSPS) is 18.3. The minimum atomic E-state index is -3.26. The van der Waals surface area contributed by atoms with E-state index in [2.05, 4.69) is 29.4 Å². The van der Waals surface area contributed by atoms with Crippen molar-refractivity contribution in [2.75, 3.05) is 38.2 Å². The van der Waals surface area contributed by atoms with E-state index in [9.17, 15) is 18.0 Å². The van der Waals surface area contributed by atoms with E-state index in [0.29, 0.717) is 57.8 Å². The fourth-order valence-electron chi connectivity index (χ4n) is 6.64. The number of nitrogens with zero attached hydrogens (tertiary/aromatic N) is 2. The van der Waals surface area contributed by atoms with Gasteiger partial charge < -0.3 is 9.88 Å². The molecule has 2 aliphatic rings. The fraction of sp³-hybridized carbons (Fsp3) is 0.471. The number of amides is 2. The molecule has 248 valence electrons. The highest BCUT2D eigenvalue weighted by molar-refractivity contribution is 7.90. The van der Waals surface area contributed by atoms with Crippen molar-refractivity contribution < 1.29 is 18.0 Å². The summed E-state index contributed by atoms with van der Waals surface area (Å²) in [6, 6.07) is 14.0. The van der Waals surface area contributed by atoms with E-state index in [1.807, 2.05) is 12.1 Å². The molecule has 0 bridgehead atoms. The Morgan fingerprint density at radius 3 is 2.13 bits per heavy atom. The number of piperidine rings is 2. The second-order valence-corrected chi connectivity index (χ2v) is 16.8. The molecule has 2 fully saturated rings. The number of benzene rings is 2. The van der Waals surface area contributed by atoms with E-state index >= 15 is 0 Å². The molecule has 0 spiro atoms. The van der Waals surface area contributed by atoms with Crippen LogP contribution in [0.1, 0.15) is 56.4 Å². The first-order valence-electron chi connectivity index (χ1n) is 15.6. The predicted octanol–water partition coefficient (Wildman–Crippen LogP) is 6.72. The SMILES string of the molecule is CC1(C)CCN(C2(C(=O)NC(=O)c3cc(-c4ccc(Cl)cc4Cl)c(-c4ccc(Cl)cc4)n3CCCS(C)(=O)=O)CCNCC2)CC1. The zero-order valence-electron chi connectivity index (χ0n) is 26.5. The van der Waals surface area contributed by atoms with Crippen LogP contribution in [-0.4, -0.2) is 73.4 Å². The molecule has 2 N–H and O–H groups in total. The summed E-state index contributed by atoms with van der Waals surface area (Å²) in [4.78, 5) is 30.8. The average molecular weight is 708 g/mol. The Hall–Kier alpha value is -2.40. The van der Waals surface area contributed by atoms with Crippen molar-refractivity contribution in [1.82, 2.24) is 20.1 Å². The van der Waals surface area contributed by atoms with Gasteiger partial charge in [0.2, 0.25) is 5.91 Å². The molecule has 5 rings (SSSR count). The first-order valence-corrected chi connectivity index (χ1v) is 18.8. The van der Waals surface area contributed by atoms with Gasteiger partial charge in [-0.05, 0) is 99.6 Å². The van der Waals surface area contributed by atoms with Gasteiger partial charge in [0.15, 0.2) is 0 Å². The van der Waals surface area contributed by atoms with Gasteiger partial charge in [-0.15, -0.1) is 0 Å². The molecule has 2 amide bonds. The zero-order valence-corrected chi connectivity index (χ0v) is 29.6. The smallest absolute Gasteiger partial charge is 0.274 e. The highest BCUT2D eigenvalue weighted by Gasteiger charge is 2.47. The van der Waals surface area contributed by atoms with Gasteiger partial charge in [0.05, 0.1) is 11.4 Å². The Bertz CT molecular complexity index is 1700. The molecule has 3 aromatic rings. The van der Waals surface area contributed by atoms with Gasteiger partial charge in [-0.25, -0.2) is 8.42 Å². The van der Waals surface area contributed by atoms with Crippen molar-refractivity contribution >= 4 is 56.5 Å². The second kappa shape index (κ2) is 14.0. The summed E-state index contributed by atoms with van der Waals surface area (Å²) in [5, 5.41) is 7.55. The summed E-state index contributed by atoms with van der Waals surface area (Å²) in [6.07, 6.45) is 4.60. The molecule has 0 unspecified atom stereocenters. The number of hydrogen-bond acceptors (Lipinski definition) is 6. The number of halogens is 3. The van der Waals surface area contributed by atoms with Crippen molar-refractivity contribution in [2.45, 2.75) is 58.0 Å². The van der Waals surface area contributed by atoms with Crippen LogP contribution in [0.4, 0.5) is 0 Å². The summed E-state index contributed by atoms with van der Waals surface area (Å²) in [7, 11) is -3.26. The van der Waals surface area contributed by atoms with E-state index in [1.165, 1.54) is 6.26 Å². The quantitative estimate of drug-likeness (QED) is 0.240. The molecule has 1 aromatic heterocycles. The van der Waals surface area contributed by atoms with Crippen LogP contribution in [0.2, 0.25) is 15.1 Å². The van der Waals surface area contributed by atoms with Gasteiger partial charge in [-0.2, -0.15) is 0 Å². The van der Waals surface area contributed by atoms with Crippen LogP contribution >= 0.6 is 34.8 Å². The second-order valence-electron chi connectivity index (χ2n) is 13.3. The molecule has 3 heterocycles. The Balaban J connectivity index is 1.58. The highest BCUT2D eigenvalue weighted by Crippen LogP contribution is 2.41. The van der Waals surface area contributed by atoms with E-state index in [0.717, 1.165) is 31.5 Å². The van der Waals surface area contributed by atoms with Crippen molar-refractivity contribution in [1.29, 1.82) is 0 Å². The number of likely N-dealkylation sites (tertiary alicyclic amines) is 1. The van der Waals surface area contributed by atoms with Crippen molar-refractivity contribution in [3.8, 4) is 22.4 Å². The molecule has 0 atom stereocenters. The van der Waals surface area contributed by atoms with Crippen LogP contribution in [0.3, 0.4) is 0 Å². The van der Waals surface area contributed by atoms with Crippen molar-refractivity contribution in [3.05, 3.63) is 69.3 Å². The molecule has 8 nitrogen and oxygen atoms in total. The number of aromatic nitrogens is 1. The predicted molar refractivity (Wildman–Crippen MR) is 187 cm³/mol. The number of carbonyl (C=O) groups is 2. The maximum atomic E-state index is 14.2. The average Bonchev–Trinajstić information content (AvgIpc) is 3.36. The minimum absolute atomic E-state index is 0.0658.